The van der Waals surface area contributed by atoms with E-state index in [0.29, 0.717) is 17.0 Å². The number of carbonyl (C=O) groups excluding carboxylic acids is 2. The maximum Gasteiger partial charge on any atom is 0.338 e. The van der Waals surface area contributed by atoms with Crippen LogP contribution in [0.25, 0.3) is 21.9 Å². The van der Waals surface area contributed by atoms with Crippen LogP contribution in [0.1, 0.15) is 10.4 Å². The van der Waals surface area contributed by atoms with Crippen LogP contribution in [0.4, 0.5) is 5.69 Å². The van der Waals surface area contributed by atoms with Gasteiger partial charge in [-0.25, -0.2) is 9.78 Å². The van der Waals surface area contributed by atoms with E-state index in [-0.39, 0.29) is 10.7 Å². The summed E-state index contributed by atoms with van der Waals surface area (Å²) in [5, 5.41) is 4.66. The fraction of sp³-hybridized carbons (Fsp3) is 0.0952. The molecule has 0 bridgehead atoms. The maximum absolute atomic E-state index is 12.3. The van der Waals surface area contributed by atoms with Gasteiger partial charge in [0.15, 0.2) is 6.61 Å². The Morgan fingerprint density at radius 1 is 1.10 bits per heavy atom. The fourth-order valence-electron chi connectivity index (χ4n) is 2.95. The number of carbonyl (C=O) groups is 2. The number of esters is 1. The Morgan fingerprint density at radius 2 is 1.93 bits per heavy atom. The van der Waals surface area contributed by atoms with Gasteiger partial charge in [-0.3, -0.25) is 4.79 Å². The predicted molar refractivity (Wildman–Crippen MR) is 108 cm³/mol. The Balaban J connectivity index is 1.51. The van der Waals surface area contributed by atoms with Gasteiger partial charge in [0, 0.05) is 23.0 Å². The van der Waals surface area contributed by atoms with Crippen molar-refractivity contribution in [1.29, 1.82) is 0 Å². The number of fused-ring (bicyclic) bond motifs is 3. The van der Waals surface area contributed by atoms with Gasteiger partial charge < -0.3 is 19.2 Å². The number of pyridine rings is 1. The van der Waals surface area contributed by atoms with Gasteiger partial charge in [0.25, 0.3) is 5.91 Å². The molecule has 4 aromatic rings. The van der Waals surface area contributed by atoms with Crippen molar-refractivity contribution in [3.8, 4) is 5.75 Å². The molecule has 0 aliphatic carbocycles. The van der Waals surface area contributed by atoms with Crippen LogP contribution in [-0.4, -0.2) is 30.6 Å². The van der Waals surface area contributed by atoms with E-state index in [0.717, 1.165) is 16.4 Å². The average Bonchev–Trinajstić information content (AvgIpc) is 3.08. The normalized spacial score (nSPS) is 10.8. The summed E-state index contributed by atoms with van der Waals surface area (Å²) in [6, 6.07) is 13.9. The van der Waals surface area contributed by atoms with Crippen molar-refractivity contribution < 1.29 is 23.5 Å². The molecule has 2 aromatic heterocycles. The van der Waals surface area contributed by atoms with Crippen LogP contribution in [0.5, 0.6) is 5.75 Å². The minimum atomic E-state index is -0.677. The lowest BCUT2D eigenvalue weighted by Gasteiger charge is -2.10. The standard InChI is InChI=1S/C21H15ClN2O5/c1-27-18-9-14-13-4-2-3-5-16(13)29-17(14)10-15(18)24-20(25)11-28-21(26)12-6-7-23-19(22)8-12/h2-10H,11H2,1H3,(H,24,25). The van der Waals surface area contributed by atoms with Crippen LogP contribution in [0, 0.1) is 0 Å². The van der Waals surface area contributed by atoms with Gasteiger partial charge in [-0.05, 0) is 24.3 Å². The minimum absolute atomic E-state index is 0.160. The van der Waals surface area contributed by atoms with Gasteiger partial charge >= 0.3 is 5.97 Å². The molecule has 2 aromatic carbocycles. The third kappa shape index (κ3) is 3.86. The maximum atomic E-state index is 12.3. The Kier molecular flexibility index (Phi) is 5.05. The predicted octanol–water partition coefficient (Wildman–Crippen LogP) is 4.44. The molecule has 0 unspecified atom stereocenters. The number of nitrogens with zero attached hydrogens (tertiary/aromatic N) is 1. The first-order chi connectivity index (χ1) is 14.0. The van der Waals surface area contributed by atoms with E-state index in [1.54, 1.807) is 12.1 Å². The van der Waals surface area contributed by atoms with Crippen LogP contribution in [0.2, 0.25) is 5.15 Å². The SMILES string of the molecule is COc1cc2c(cc1NC(=O)COC(=O)c1ccnc(Cl)c1)oc1ccccc12. The molecule has 0 fully saturated rings. The van der Waals surface area contributed by atoms with Crippen molar-refractivity contribution in [1.82, 2.24) is 4.98 Å². The van der Waals surface area contributed by atoms with E-state index in [4.69, 9.17) is 25.5 Å². The number of para-hydroxylation sites is 1. The lowest BCUT2D eigenvalue weighted by Crippen LogP contribution is -2.21. The molecule has 146 valence electrons. The number of nitrogens with one attached hydrogen (secondary N) is 1. The Hall–Kier alpha value is -3.58. The molecule has 7 nitrogen and oxygen atoms in total. The zero-order valence-corrected chi connectivity index (χ0v) is 16.0. The van der Waals surface area contributed by atoms with E-state index in [9.17, 15) is 9.59 Å². The molecule has 0 radical (unpaired) electrons. The molecule has 0 aliphatic heterocycles. The van der Waals surface area contributed by atoms with Gasteiger partial charge in [-0.15, -0.1) is 0 Å². The van der Waals surface area contributed by atoms with Crippen molar-refractivity contribution in [2.75, 3.05) is 19.0 Å². The van der Waals surface area contributed by atoms with E-state index < -0.39 is 18.5 Å². The molecule has 0 aliphatic rings. The van der Waals surface area contributed by atoms with Gasteiger partial charge in [0.1, 0.15) is 22.1 Å². The zero-order chi connectivity index (χ0) is 20.4. The molecule has 0 saturated heterocycles. The lowest BCUT2D eigenvalue weighted by molar-refractivity contribution is -0.119. The van der Waals surface area contributed by atoms with E-state index in [2.05, 4.69) is 10.3 Å². The molecule has 2 heterocycles. The highest BCUT2D eigenvalue weighted by Crippen LogP contribution is 2.36. The Bertz CT molecular complexity index is 1230. The molecule has 0 spiro atoms. The number of anilines is 1. The average molecular weight is 411 g/mol. The summed E-state index contributed by atoms with van der Waals surface area (Å²) in [4.78, 5) is 28.1. The summed E-state index contributed by atoms with van der Waals surface area (Å²) in [6.45, 7) is -0.472. The Morgan fingerprint density at radius 3 is 2.72 bits per heavy atom. The van der Waals surface area contributed by atoms with E-state index >= 15 is 0 Å². The number of methoxy groups -OCH3 is 1. The number of halogens is 1. The zero-order valence-electron chi connectivity index (χ0n) is 15.3. The van der Waals surface area contributed by atoms with Crippen LogP contribution >= 0.6 is 11.6 Å². The number of aromatic nitrogens is 1. The summed E-state index contributed by atoms with van der Waals surface area (Å²) in [5.41, 5.74) is 1.95. The summed E-state index contributed by atoms with van der Waals surface area (Å²) in [5.74, 6) is -0.735. The third-order valence-corrected chi connectivity index (χ3v) is 4.48. The first kappa shape index (κ1) is 18.8. The molecule has 0 saturated carbocycles. The monoisotopic (exact) mass is 410 g/mol. The molecule has 1 amide bonds. The summed E-state index contributed by atoms with van der Waals surface area (Å²) in [6.07, 6.45) is 1.38. The van der Waals surface area contributed by atoms with Crippen molar-refractivity contribution >= 4 is 51.1 Å². The largest absolute Gasteiger partial charge is 0.495 e. The number of furan rings is 1. The van der Waals surface area contributed by atoms with E-state index in [1.165, 1.54) is 25.4 Å². The first-order valence-corrected chi connectivity index (χ1v) is 9.01. The molecule has 8 heteroatoms. The highest BCUT2D eigenvalue weighted by Gasteiger charge is 2.16. The van der Waals surface area contributed by atoms with Crippen LogP contribution < -0.4 is 10.1 Å². The second-order valence-electron chi connectivity index (χ2n) is 6.14. The third-order valence-electron chi connectivity index (χ3n) is 4.27. The minimum Gasteiger partial charge on any atom is -0.495 e. The molecule has 29 heavy (non-hydrogen) atoms. The highest BCUT2D eigenvalue weighted by atomic mass is 35.5. The number of rotatable bonds is 5. The number of hydrogen-bond acceptors (Lipinski definition) is 6. The van der Waals surface area contributed by atoms with Gasteiger partial charge in [0.2, 0.25) is 0 Å². The highest BCUT2D eigenvalue weighted by molar-refractivity contribution is 6.29. The smallest absolute Gasteiger partial charge is 0.338 e. The second-order valence-corrected chi connectivity index (χ2v) is 6.53. The number of amides is 1. The van der Waals surface area contributed by atoms with Crippen LogP contribution in [0.3, 0.4) is 0 Å². The fourth-order valence-corrected chi connectivity index (χ4v) is 3.12. The number of ether oxygens (including phenoxy) is 2. The molecule has 4 rings (SSSR count). The lowest BCUT2D eigenvalue weighted by atomic mass is 10.1. The van der Waals surface area contributed by atoms with Crippen molar-refractivity contribution in [3.05, 3.63) is 65.4 Å². The van der Waals surface area contributed by atoms with Gasteiger partial charge in [0.05, 0.1) is 18.4 Å². The molecular formula is C21H15ClN2O5. The topological polar surface area (TPSA) is 90.7 Å². The van der Waals surface area contributed by atoms with E-state index in [1.807, 2.05) is 24.3 Å². The quantitative estimate of drug-likeness (QED) is 0.386. The summed E-state index contributed by atoms with van der Waals surface area (Å²) in [7, 11) is 1.51. The number of benzene rings is 2. The number of hydrogen-bond donors (Lipinski definition) is 1. The molecular weight excluding hydrogens is 396 g/mol. The van der Waals surface area contributed by atoms with Crippen molar-refractivity contribution in [2.45, 2.75) is 0 Å². The molecule has 0 atom stereocenters. The van der Waals surface area contributed by atoms with Crippen molar-refractivity contribution in [3.63, 3.8) is 0 Å². The van der Waals surface area contributed by atoms with Crippen LogP contribution in [0.15, 0.2) is 59.1 Å². The van der Waals surface area contributed by atoms with Gasteiger partial charge in [-0.1, -0.05) is 29.8 Å². The summed E-state index contributed by atoms with van der Waals surface area (Å²) >= 11 is 5.75. The Labute approximate surface area is 170 Å². The van der Waals surface area contributed by atoms with Crippen LogP contribution in [-0.2, 0) is 9.53 Å². The van der Waals surface area contributed by atoms with Gasteiger partial charge in [-0.2, -0.15) is 0 Å². The summed E-state index contributed by atoms with van der Waals surface area (Å²) < 4.78 is 16.3. The second kappa shape index (κ2) is 7.81. The van der Waals surface area contributed by atoms with Crippen molar-refractivity contribution in [2.24, 2.45) is 0 Å². The first-order valence-electron chi connectivity index (χ1n) is 8.63. The molecule has 1 N–H and O–H groups in total.